The molecule has 120 valence electrons. The molecule has 3 rings (SSSR count). The molecule has 2 heterocycles. The van der Waals surface area contributed by atoms with Gasteiger partial charge in [0.1, 0.15) is 12.4 Å². The lowest BCUT2D eigenvalue weighted by Crippen LogP contribution is -2.44. The average Bonchev–Trinajstić information content (AvgIpc) is 3.01. The molecule has 1 aromatic carbocycles. The summed E-state index contributed by atoms with van der Waals surface area (Å²) in [5, 5.41) is 7.37. The summed E-state index contributed by atoms with van der Waals surface area (Å²) in [7, 11) is 0. The number of aryl methyl sites for hydroxylation is 1. The molecule has 1 aromatic heterocycles. The Bertz CT molecular complexity index is 709. The van der Waals surface area contributed by atoms with Crippen molar-refractivity contribution in [3.63, 3.8) is 0 Å². The molecule has 6 heteroatoms. The van der Waals surface area contributed by atoms with Crippen LogP contribution in [0.1, 0.15) is 19.8 Å². The molecule has 0 spiro atoms. The molecule has 0 saturated heterocycles. The zero-order valence-corrected chi connectivity index (χ0v) is 13.2. The lowest BCUT2D eigenvalue weighted by atomic mass is 10.1. The van der Waals surface area contributed by atoms with E-state index in [9.17, 15) is 9.59 Å². The predicted octanol–water partition coefficient (Wildman–Crippen LogP) is 1.81. The number of carbonyl (C=O) groups excluding carboxylic acids is 2. The first kappa shape index (κ1) is 15.3. The lowest BCUT2D eigenvalue weighted by Gasteiger charge is -2.26. The van der Waals surface area contributed by atoms with E-state index in [0.29, 0.717) is 25.3 Å². The largest absolute Gasteiger partial charge is 0.355 e. The van der Waals surface area contributed by atoms with Crippen molar-refractivity contribution in [2.24, 2.45) is 0 Å². The van der Waals surface area contributed by atoms with Gasteiger partial charge in [-0.2, -0.15) is 5.10 Å². The van der Waals surface area contributed by atoms with Crippen LogP contribution in [0.3, 0.4) is 0 Å². The van der Waals surface area contributed by atoms with Crippen molar-refractivity contribution in [1.29, 1.82) is 0 Å². The van der Waals surface area contributed by atoms with Gasteiger partial charge in [-0.3, -0.25) is 14.5 Å². The standard InChI is InChI=1S/C17H20N4O2/c1-2-9-18-15(22)12-20-16-11-14(13-6-4-3-5-7-13)19-21(16)10-8-17(20)23/h3-7,11H,2,8-10,12H2,1H3,(H,18,22). The number of fused-ring (bicyclic) bond motifs is 1. The van der Waals surface area contributed by atoms with Crippen LogP contribution in [0.15, 0.2) is 36.4 Å². The molecule has 0 saturated carbocycles. The van der Waals surface area contributed by atoms with Gasteiger partial charge in [-0.25, -0.2) is 4.68 Å². The number of hydrogen-bond acceptors (Lipinski definition) is 3. The zero-order chi connectivity index (χ0) is 16.2. The maximum absolute atomic E-state index is 12.2. The fraction of sp³-hybridized carbons (Fsp3) is 0.353. The molecule has 1 aliphatic rings. The Labute approximate surface area is 135 Å². The number of hydrogen-bond donors (Lipinski definition) is 1. The molecule has 0 fully saturated rings. The van der Waals surface area contributed by atoms with E-state index < -0.39 is 0 Å². The van der Waals surface area contributed by atoms with E-state index in [-0.39, 0.29) is 18.4 Å². The maximum Gasteiger partial charge on any atom is 0.240 e. The summed E-state index contributed by atoms with van der Waals surface area (Å²) in [6, 6.07) is 11.7. The van der Waals surface area contributed by atoms with Gasteiger partial charge in [0.2, 0.25) is 11.8 Å². The molecule has 0 radical (unpaired) electrons. The van der Waals surface area contributed by atoms with Crippen LogP contribution in [-0.4, -0.2) is 34.7 Å². The lowest BCUT2D eigenvalue weighted by molar-refractivity contribution is -0.124. The zero-order valence-electron chi connectivity index (χ0n) is 13.2. The second-order valence-electron chi connectivity index (χ2n) is 5.56. The highest BCUT2D eigenvalue weighted by Gasteiger charge is 2.27. The first-order valence-corrected chi connectivity index (χ1v) is 7.89. The molecule has 0 unspecified atom stereocenters. The minimum absolute atomic E-state index is 0.0383. The molecule has 0 bridgehead atoms. The van der Waals surface area contributed by atoms with Crippen LogP contribution in [0.4, 0.5) is 5.82 Å². The highest BCUT2D eigenvalue weighted by Crippen LogP contribution is 2.27. The maximum atomic E-state index is 12.2. The summed E-state index contributed by atoms with van der Waals surface area (Å²) < 4.78 is 1.80. The number of carbonyl (C=O) groups is 2. The fourth-order valence-electron chi connectivity index (χ4n) is 2.64. The van der Waals surface area contributed by atoms with Crippen LogP contribution in [0.2, 0.25) is 0 Å². The van der Waals surface area contributed by atoms with E-state index in [1.54, 1.807) is 4.68 Å². The smallest absolute Gasteiger partial charge is 0.240 e. The van der Waals surface area contributed by atoms with Crippen LogP contribution >= 0.6 is 0 Å². The highest BCUT2D eigenvalue weighted by molar-refractivity contribution is 5.99. The van der Waals surface area contributed by atoms with Gasteiger partial charge < -0.3 is 5.32 Å². The van der Waals surface area contributed by atoms with Gasteiger partial charge in [0, 0.05) is 24.6 Å². The number of aromatic nitrogens is 2. The Hall–Kier alpha value is -2.63. The SMILES string of the molecule is CCCNC(=O)CN1C(=O)CCn2nc(-c3ccccc3)cc21. The topological polar surface area (TPSA) is 67.2 Å². The van der Waals surface area contributed by atoms with Gasteiger partial charge in [0.15, 0.2) is 0 Å². The number of nitrogens with one attached hydrogen (secondary N) is 1. The second-order valence-corrected chi connectivity index (χ2v) is 5.56. The molecule has 0 aliphatic carbocycles. The van der Waals surface area contributed by atoms with Crippen LogP contribution < -0.4 is 10.2 Å². The van der Waals surface area contributed by atoms with Gasteiger partial charge in [0.25, 0.3) is 0 Å². The summed E-state index contributed by atoms with van der Waals surface area (Å²) in [4.78, 5) is 25.7. The van der Waals surface area contributed by atoms with E-state index in [1.165, 1.54) is 4.90 Å². The van der Waals surface area contributed by atoms with E-state index >= 15 is 0 Å². The van der Waals surface area contributed by atoms with Crippen molar-refractivity contribution in [2.75, 3.05) is 18.0 Å². The van der Waals surface area contributed by atoms with Gasteiger partial charge in [-0.05, 0) is 6.42 Å². The van der Waals surface area contributed by atoms with Gasteiger partial charge in [-0.1, -0.05) is 37.3 Å². The molecule has 6 nitrogen and oxygen atoms in total. The molecule has 0 atom stereocenters. The van der Waals surface area contributed by atoms with E-state index in [4.69, 9.17) is 0 Å². The minimum Gasteiger partial charge on any atom is -0.355 e. The Balaban J connectivity index is 1.85. The average molecular weight is 312 g/mol. The third-order valence-corrected chi connectivity index (χ3v) is 3.82. The number of benzene rings is 1. The first-order chi connectivity index (χ1) is 11.2. The Morgan fingerprint density at radius 1 is 1.30 bits per heavy atom. The van der Waals surface area contributed by atoms with Gasteiger partial charge >= 0.3 is 0 Å². The van der Waals surface area contributed by atoms with Crippen LogP contribution in [-0.2, 0) is 16.1 Å². The van der Waals surface area contributed by atoms with Crippen molar-refractivity contribution in [3.8, 4) is 11.3 Å². The summed E-state index contributed by atoms with van der Waals surface area (Å²) in [5.74, 6) is 0.506. The molecule has 1 aliphatic heterocycles. The van der Waals surface area contributed by atoms with Crippen molar-refractivity contribution >= 4 is 17.6 Å². The summed E-state index contributed by atoms with van der Waals surface area (Å²) in [5.41, 5.74) is 1.81. The molecule has 2 amide bonds. The van der Waals surface area contributed by atoms with Crippen LogP contribution in [0.25, 0.3) is 11.3 Å². The molecule has 2 aromatic rings. The summed E-state index contributed by atoms with van der Waals surface area (Å²) >= 11 is 0. The van der Waals surface area contributed by atoms with Crippen molar-refractivity contribution in [2.45, 2.75) is 26.3 Å². The fourth-order valence-corrected chi connectivity index (χ4v) is 2.64. The Kier molecular flexibility index (Phi) is 4.41. The first-order valence-electron chi connectivity index (χ1n) is 7.89. The number of amides is 2. The third kappa shape index (κ3) is 3.26. The molecule has 23 heavy (non-hydrogen) atoms. The normalized spacial score (nSPS) is 13.8. The number of rotatable bonds is 5. The van der Waals surface area contributed by atoms with Crippen LogP contribution in [0, 0.1) is 0 Å². The minimum atomic E-state index is -0.142. The second kappa shape index (κ2) is 6.64. The monoisotopic (exact) mass is 312 g/mol. The van der Waals surface area contributed by atoms with Crippen LogP contribution in [0.5, 0.6) is 0 Å². The molecule has 1 N–H and O–H groups in total. The molecular formula is C17H20N4O2. The van der Waals surface area contributed by atoms with Crippen molar-refractivity contribution < 1.29 is 9.59 Å². The summed E-state index contributed by atoms with van der Waals surface area (Å²) in [6.07, 6.45) is 1.24. The Morgan fingerprint density at radius 3 is 2.83 bits per heavy atom. The van der Waals surface area contributed by atoms with E-state index in [1.807, 2.05) is 43.3 Å². The van der Waals surface area contributed by atoms with E-state index in [2.05, 4.69) is 10.4 Å². The summed E-state index contributed by atoms with van der Waals surface area (Å²) in [6.45, 7) is 3.20. The quantitative estimate of drug-likeness (QED) is 0.915. The highest BCUT2D eigenvalue weighted by atomic mass is 16.2. The van der Waals surface area contributed by atoms with Gasteiger partial charge in [0.05, 0.1) is 12.2 Å². The van der Waals surface area contributed by atoms with Crippen molar-refractivity contribution in [1.82, 2.24) is 15.1 Å². The van der Waals surface area contributed by atoms with Gasteiger partial charge in [-0.15, -0.1) is 0 Å². The third-order valence-electron chi connectivity index (χ3n) is 3.82. The predicted molar refractivity (Wildman–Crippen MR) is 87.9 cm³/mol. The Morgan fingerprint density at radius 2 is 2.09 bits per heavy atom. The van der Waals surface area contributed by atoms with E-state index in [0.717, 1.165) is 17.7 Å². The molecular weight excluding hydrogens is 292 g/mol. The van der Waals surface area contributed by atoms with Crippen molar-refractivity contribution in [3.05, 3.63) is 36.4 Å². The number of nitrogens with zero attached hydrogens (tertiary/aromatic N) is 3. The number of anilines is 1.